The van der Waals surface area contributed by atoms with Crippen molar-refractivity contribution in [2.75, 3.05) is 0 Å². The Bertz CT molecular complexity index is 411. The van der Waals surface area contributed by atoms with Crippen molar-refractivity contribution in [3.05, 3.63) is 34.4 Å². The third-order valence-corrected chi connectivity index (χ3v) is 2.32. The van der Waals surface area contributed by atoms with Crippen LogP contribution in [0.3, 0.4) is 0 Å². The van der Waals surface area contributed by atoms with Crippen molar-refractivity contribution in [3.8, 4) is 0 Å². The van der Waals surface area contributed by atoms with Gasteiger partial charge < -0.3 is 5.73 Å². The van der Waals surface area contributed by atoms with Gasteiger partial charge in [0.1, 0.15) is 0 Å². The highest BCUT2D eigenvalue weighted by molar-refractivity contribution is 7.80. The van der Waals surface area contributed by atoms with Crippen molar-refractivity contribution >= 4 is 23.5 Å². The van der Waals surface area contributed by atoms with Gasteiger partial charge in [-0.15, -0.1) is 0 Å². The summed E-state index contributed by atoms with van der Waals surface area (Å²) in [5, 5.41) is 4.12. The third-order valence-electron chi connectivity index (χ3n) is 2.23. The summed E-state index contributed by atoms with van der Waals surface area (Å²) in [4.78, 5) is 0. The molecule has 0 saturated heterocycles. The molecule has 1 aromatic rings. The van der Waals surface area contributed by atoms with Gasteiger partial charge in [0.2, 0.25) is 0 Å². The van der Waals surface area contributed by atoms with Crippen LogP contribution in [0.4, 0.5) is 0 Å². The van der Waals surface area contributed by atoms with E-state index in [2.05, 4.69) is 55.6 Å². The van der Waals surface area contributed by atoms with Crippen molar-refractivity contribution in [2.24, 2.45) is 10.8 Å². The van der Waals surface area contributed by atoms with Crippen molar-refractivity contribution in [1.82, 2.24) is 5.43 Å². The summed E-state index contributed by atoms with van der Waals surface area (Å²) >= 11 is 4.65. The molecule has 0 saturated carbocycles. The van der Waals surface area contributed by atoms with Crippen LogP contribution in [0.15, 0.2) is 17.2 Å². The summed E-state index contributed by atoms with van der Waals surface area (Å²) in [7, 11) is 0. The van der Waals surface area contributed by atoms with Crippen LogP contribution in [0.2, 0.25) is 0 Å². The first-order chi connectivity index (χ1) is 7.00. The monoisotopic (exact) mass is 221 g/mol. The van der Waals surface area contributed by atoms with Crippen LogP contribution in [-0.2, 0) is 0 Å². The molecular weight excluding hydrogens is 206 g/mol. The Morgan fingerprint density at radius 1 is 1.40 bits per heavy atom. The molecule has 0 spiro atoms. The Labute approximate surface area is 95.4 Å². The maximum Gasteiger partial charge on any atom is 0.184 e. The second kappa shape index (κ2) is 4.89. The lowest BCUT2D eigenvalue weighted by Gasteiger charge is -2.06. The number of hydrogen-bond donors (Lipinski definition) is 2. The van der Waals surface area contributed by atoms with Gasteiger partial charge in [0.05, 0.1) is 6.21 Å². The van der Waals surface area contributed by atoms with Crippen LogP contribution in [-0.4, -0.2) is 11.3 Å². The quantitative estimate of drug-likeness (QED) is 0.455. The molecule has 0 unspecified atom stereocenters. The van der Waals surface area contributed by atoms with Gasteiger partial charge in [-0.2, -0.15) is 5.10 Å². The van der Waals surface area contributed by atoms with Crippen molar-refractivity contribution < 1.29 is 0 Å². The van der Waals surface area contributed by atoms with Gasteiger partial charge in [-0.3, -0.25) is 5.43 Å². The minimum atomic E-state index is 0.174. The number of hydrazone groups is 1. The molecule has 0 fully saturated rings. The molecule has 0 aliphatic carbocycles. The van der Waals surface area contributed by atoms with Crippen LogP contribution in [0.5, 0.6) is 0 Å². The van der Waals surface area contributed by atoms with Crippen LogP contribution in [0.25, 0.3) is 0 Å². The molecule has 0 aliphatic rings. The minimum Gasteiger partial charge on any atom is -0.375 e. The molecule has 80 valence electrons. The molecule has 15 heavy (non-hydrogen) atoms. The van der Waals surface area contributed by atoms with Crippen LogP contribution < -0.4 is 11.2 Å². The zero-order valence-electron chi connectivity index (χ0n) is 9.16. The van der Waals surface area contributed by atoms with E-state index in [-0.39, 0.29) is 5.11 Å². The Balaban J connectivity index is 2.94. The average molecular weight is 221 g/mol. The predicted octanol–water partition coefficient (Wildman–Crippen LogP) is 1.78. The molecule has 0 bridgehead atoms. The van der Waals surface area contributed by atoms with Gasteiger partial charge in [-0.25, -0.2) is 0 Å². The van der Waals surface area contributed by atoms with Gasteiger partial charge in [0, 0.05) is 0 Å². The zero-order valence-corrected chi connectivity index (χ0v) is 9.98. The largest absolute Gasteiger partial charge is 0.375 e. The highest BCUT2D eigenvalue weighted by Gasteiger charge is 1.99. The van der Waals surface area contributed by atoms with E-state index in [4.69, 9.17) is 5.73 Å². The van der Waals surface area contributed by atoms with Gasteiger partial charge in [0.25, 0.3) is 0 Å². The molecule has 0 aliphatic heterocycles. The summed E-state index contributed by atoms with van der Waals surface area (Å²) in [5.74, 6) is 0. The van der Waals surface area contributed by atoms with E-state index in [0.717, 1.165) is 5.56 Å². The average Bonchev–Trinajstić information content (AvgIpc) is 2.12. The third kappa shape index (κ3) is 3.32. The fourth-order valence-electron chi connectivity index (χ4n) is 1.37. The first kappa shape index (κ1) is 11.7. The molecule has 1 aromatic carbocycles. The summed E-state index contributed by atoms with van der Waals surface area (Å²) in [5.41, 5.74) is 12.6. The summed E-state index contributed by atoms with van der Waals surface area (Å²) < 4.78 is 0. The first-order valence-corrected chi connectivity index (χ1v) is 5.08. The topological polar surface area (TPSA) is 50.4 Å². The van der Waals surface area contributed by atoms with Gasteiger partial charge in [0.15, 0.2) is 5.11 Å². The predicted molar refractivity (Wildman–Crippen MR) is 68.2 cm³/mol. The molecular formula is C11H15N3S. The summed E-state index contributed by atoms with van der Waals surface area (Å²) in [6, 6.07) is 4.22. The van der Waals surface area contributed by atoms with E-state index in [1.54, 1.807) is 6.21 Å². The molecule has 1 rings (SSSR count). The van der Waals surface area contributed by atoms with Gasteiger partial charge >= 0.3 is 0 Å². The van der Waals surface area contributed by atoms with E-state index in [9.17, 15) is 0 Å². The molecule has 0 heterocycles. The van der Waals surface area contributed by atoms with Crippen LogP contribution in [0.1, 0.15) is 22.3 Å². The lowest BCUT2D eigenvalue weighted by atomic mass is 10.0. The fourth-order valence-corrected chi connectivity index (χ4v) is 1.42. The molecule has 0 atom stereocenters. The Hall–Kier alpha value is -1.42. The molecule has 3 nitrogen and oxygen atoms in total. The van der Waals surface area contributed by atoms with Crippen molar-refractivity contribution in [3.63, 3.8) is 0 Å². The highest BCUT2D eigenvalue weighted by atomic mass is 32.1. The summed E-state index contributed by atoms with van der Waals surface area (Å²) in [6.45, 7) is 6.21. The fraction of sp³-hybridized carbons (Fsp3) is 0.273. The SMILES string of the molecule is Cc1cc(C)c(C)c(/C=N/NC(N)=S)c1. The minimum absolute atomic E-state index is 0.174. The number of nitrogens with one attached hydrogen (secondary N) is 1. The maximum absolute atomic E-state index is 5.26. The lowest BCUT2D eigenvalue weighted by molar-refractivity contribution is 1.04. The molecule has 4 heteroatoms. The number of rotatable bonds is 2. The second-order valence-corrected chi connectivity index (χ2v) is 3.97. The number of hydrogen-bond acceptors (Lipinski definition) is 2. The molecule has 3 N–H and O–H groups in total. The Morgan fingerprint density at radius 3 is 2.67 bits per heavy atom. The molecule has 0 aromatic heterocycles. The number of benzene rings is 1. The van der Waals surface area contributed by atoms with E-state index in [0.29, 0.717) is 0 Å². The van der Waals surface area contributed by atoms with E-state index < -0.39 is 0 Å². The normalized spacial score (nSPS) is 10.6. The lowest BCUT2D eigenvalue weighted by Crippen LogP contribution is -2.24. The Kier molecular flexibility index (Phi) is 3.80. The molecule has 0 amide bonds. The van der Waals surface area contributed by atoms with Crippen LogP contribution >= 0.6 is 12.2 Å². The van der Waals surface area contributed by atoms with E-state index >= 15 is 0 Å². The van der Waals surface area contributed by atoms with Crippen molar-refractivity contribution in [2.45, 2.75) is 20.8 Å². The molecule has 0 radical (unpaired) electrons. The van der Waals surface area contributed by atoms with E-state index in [1.807, 2.05) is 0 Å². The number of thiocarbonyl (C=S) groups is 1. The maximum atomic E-state index is 5.26. The summed E-state index contributed by atoms with van der Waals surface area (Å²) in [6.07, 6.45) is 1.73. The van der Waals surface area contributed by atoms with Crippen LogP contribution in [0, 0.1) is 20.8 Å². The number of aryl methyl sites for hydroxylation is 2. The van der Waals surface area contributed by atoms with E-state index in [1.165, 1.54) is 16.7 Å². The Morgan fingerprint density at radius 2 is 2.07 bits per heavy atom. The number of nitrogens with zero attached hydrogens (tertiary/aromatic N) is 1. The van der Waals surface area contributed by atoms with Gasteiger partial charge in [-0.05, 0) is 49.7 Å². The highest BCUT2D eigenvalue weighted by Crippen LogP contribution is 2.13. The second-order valence-electron chi connectivity index (χ2n) is 3.53. The van der Waals surface area contributed by atoms with Crippen molar-refractivity contribution in [1.29, 1.82) is 0 Å². The smallest absolute Gasteiger partial charge is 0.184 e. The van der Waals surface area contributed by atoms with Gasteiger partial charge in [-0.1, -0.05) is 17.7 Å². The first-order valence-electron chi connectivity index (χ1n) is 4.67. The standard InChI is InChI=1S/C11H15N3S/c1-7-4-8(2)9(3)10(5-7)6-13-14-11(12)15/h4-6H,1-3H3,(H3,12,14,15)/b13-6+. The zero-order chi connectivity index (χ0) is 11.4. The number of nitrogens with two attached hydrogens (primary N) is 1.